The van der Waals surface area contributed by atoms with Gasteiger partial charge in [0, 0.05) is 17.1 Å². The van der Waals surface area contributed by atoms with Gasteiger partial charge in [-0.25, -0.2) is 4.98 Å². The molecule has 2 heterocycles. The Labute approximate surface area is 158 Å². The molecule has 26 heavy (non-hydrogen) atoms. The van der Waals surface area contributed by atoms with Crippen LogP contribution in [0.25, 0.3) is 11.0 Å². The first-order valence-corrected chi connectivity index (χ1v) is 11.8. The molecule has 2 aromatic heterocycles. The second-order valence-electron chi connectivity index (χ2n) is 8.33. The zero-order valence-electron chi connectivity index (χ0n) is 17.4. The first kappa shape index (κ1) is 20.8. The first-order chi connectivity index (χ1) is 12.1. The Morgan fingerprint density at radius 2 is 1.62 bits per heavy atom. The smallest absolute Gasteiger partial charge is 0.195 e. The van der Waals surface area contributed by atoms with Gasteiger partial charge in [0.2, 0.25) is 0 Å². The zero-order chi connectivity index (χ0) is 19.6. The highest BCUT2D eigenvalue weighted by Crippen LogP contribution is 2.43. The Morgan fingerprint density at radius 1 is 1.04 bits per heavy atom. The average molecular weight is 376 g/mol. The number of Topliss-reactive ketones (excluding diaryl/α,β-unsaturated/α-hetero) is 1. The number of hydrogen-bond donors (Lipinski definition) is 0. The van der Waals surface area contributed by atoms with Gasteiger partial charge < -0.3 is 4.74 Å². The maximum absolute atomic E-state index is 12.3. The minimum atomic E-state index is -1.96. The Balaban J connectivity index is 2.50. The molecule has 0 aromatic carbocycles. The van der Waals surface area contributed by atoms with Gasteiger partial charge in [0.1, 0.15) is 12.3 Å². The van der Waals surface area contributed by atoms with E-state index in [0.717, 1.165) is 11.0 Å². The summed E-state index contributed by atoms with van der Waals surface area (Å²) in [5.41, 5.74) is 3.09. The number of ketones is 1. The van der Waals surface area contributed by atoms with E-state index in [9.17, 15) is 4.79 Å². The molecule has 0 fully saturated rings. The van der Waals surface area contributed by atoms with Crippen LogP contribution in [-0.2, 0) is 4.74 Å². The predicted molar refractivity (Wildman–Crippen MR) is 109 cm³/mol. The molecule has 0 bridgehead atoms. The average Bonchev–Trinajstić information content (AvgIpc) is 2.95. The Bertz CT molecular complexity index is 744. The molecule has 0 aliphatic rings. The first-order valence-electron chi connectivity index (χ1n) is 9.61. The quantitative estimate of drug-likeness (QED) is 0.478. The monoisotopic (exact) mass is 375 g/mol. The van der Waals surface area contributed by atoms with E-state index in [1.165, 1.54) is 0 Å². The molecule has 6 heteroatoms. The van der Waals surface area contributed by atoms with Crippen LogP contribution in [0.4, 0.5) is 0 Å². The Hall–Kier alpha value is -1.53. The minimum Gasteiger partial charge on any atom is -0.371 e. The molecule has 0 amide bonds. The van der Waals surface area contributed by atoms with E-state index in [2.05, 4.69) is 50.9 Å². The summed E-state index contributed by atoms with van der Waals surface area (Å²) in [5.74, 6) is -0.0408. The summed E-state index contributed by atoms with van der Waals surface area (Å²) in [6, 6.07) is 1.90. The molecule has 0 spiro atoms. The van der Waals surface area contributed by atoms with E-state index in [1.54, 1.807) is 6.20 Å². The van der Waals surface area contributed by atoms with Gasteiger partial charge >= 0.3 is 0 Å². The van der Waals surface area contributed by atoms with Crippen molar-refractivity contribution in [2.75, 3.05) is 6.61 Å². The zero-order valence-corrected chi connectivity index (χ0v) is 18.4. The molecule has 0 saturated carbocycles. The molecule has 2 aromatic rings. The molecule has 0 aliphatic carbocycles. The summed E-state index contributed by atoms with van der Waals surface area (Å²) in [6.45, 7) is 17.8. The van der Waals surface area contributed by atoms with Gasteiger partial charge in [-0.15, -0.1) is 0 Å². The van der Waals surface area contributed by atoms with Crippen LogP contribution >= 0.6 is 0 Å². The fourth-order valence-electron chi connectivity index (χ4n) is 4.42. The molecule has 0 radical (unpaired) electrons. The van der Waals surface area contributed by atoms with E-state index >= 15 is 0 Å². The summed E-state index contributed by atoms with van der Waals surface area (Å²) in [4.78, 5) is 17.0. The fraction of sp³-hybridized carbons (Fsp3) is 0.650. The van der Waals surface area contributed by atoms with E-state index in [1.807, 2.05) is 26.1 Å². The molecular weight excluding hydrogens is 342 g/mol. The van der Waals surface area contributed by atoms with Crippen molar-refractivity contribution in [1.29, 1.82) is 0 Å². The predicted octanol–water partition coefficient (Wildman–Crippen LogP) is 5.06. The second kappa shape index (κ2) is 8.01. The largest absolute Gasteiger partial charge is 0.371 e. The van der Waals surface area contributed by atoms with E-state index in [-0.39, 0.29) is 18.5 Å². The van der Waals surface area contributed by atoms with Crippen LogP contribution in [0.1, 0.15) is 65.7 Å². The lowest BCUT2D eigenvalue weighted by Gasteiger charge is -2.42. The number of hydrogen-bond acceptors (Lipinski definition) is 4. The van der Waals surface area contributed by atoms with Crippen LogP contribution in [0.3, 0.4) is 0 Å². The van der Waals surface area contributed by atoms with Crippen LogP contribution in [0.15, 0.2) is 18.5 Å². The minimum absolute atomic E-state index is 0.0353. The summed E-state index contributed by atoms with van der Waals surface area (Å²) in [6.07, 6.45) is 3.57. The second-order valence-corrected chi connectivity index (χ2v) is 14.0. The highest BCUT2D eigenvalue weighted by atomic mass is 28.3. The standard InChI is InChI=1S/C20H33N3O2Si/c1-13(2)25-12-19(24)17-9-18-11-22-23(20(18)21-10-17)26(14(3)4,15(5)6)16(7)8/h9-11,13-16H,12H2,1-8H3. The summed E-state index contributed by atoms with van der Waals surface area (Å²) < 4.78 is 7.66. The molecule has 2 rings (SSSR count). The maximum atomic E-state index is 12.3. The lowest BCUT2D eigenvalue weighted by molar-refractivity contribution is 0.0584. The van der Waals surface area contributed by atoms with Crippen LogP contribution in [0, 0.1) is 0 Å². The molecule has 144 valence electrons. The molecule has 0 unspecified atom stereocenters. The Kier molecular flexibility index (Phi) is 6.40. The third-order valence-electron chi connectivity index (χ3n) is 5.42. The molecule has 0 N–H and O–H groups in total. The van der Waals surface area contributed by atoms with Gasteiger partial charge in [-0.2, -0.15) is 5.10 Å². The van der Waals surface area contributed by atoms with Crippen molar-refractivity contribution in [3.8, 4) is 0 Å². The van der Waals surface area contributed by atoms with Crippen molar-refractivity contribution in [2.24, 2.45) is 0 Å². The number of pyridine rings is 1. The number of carbonyl (C=O) groups excluding carboxylic acids is 1. The molecule has 5 nitrogen and oxygen atoms in total. The third-order valence-corrected chi connectivity index (χ3v) is 12.0. The van der Waals surface area contributed by atoms with Crippen LogP contribution in [0.5, 0.6) is 0 Å². The van der Waals surface area contributed by atoms with Crippen LogP contribution in [-0.4, -0.2) is 41.2 Å². The van der Waals surface area contributed by atoms with Crippen molar-refractivity contribution in [3.63, 3.8) is 0 Å². The lowest BCUT2D eigenvalue weighted by atomic mass is 10.2. The fourth-order valence-corrected chi connectivity index (χ4v) is 10.7. The molecular formula is C20H33N3O2Si. The summed E-state index contributed by atoms with van der Waals surface area (Å²) in [5, 5.41) is 5.71. The van der Waals surface area contributed by atoms with Gasteiger partial charge in [-0.3, -0.25) is 9.14 Å². The molecule has 0 aliphatic heterocycles. The topological polar surface area (TPSA) is 57.0 Å². The number of aromatic nitrogens is 3. The lowest BCUT2D eigenvalue weighted by Crippen LogP contribution is -2.52. The number of carbonyl (C=O) groups is 1. The van der Waals surface area contributed by atoms with Crippen molar-refractivity contribution in [2.45, 2.75) is 78.1 Å². The summed E-state index contributed by atoms with van der Waals surface area (Å²) >= 11 is 0. The van der Waals surface area contributed by atoms with Gasteiger partial charge in [-0.1, -0.05) is 41.5 Å². The number of nitrogens with zero attached hydrogens (tertiary/aromatic N) is 3. The van der Waals surface area contributed by atoms with E-state index < -0.39 is 8.24 Å². The highest BCUT2D eigenvalue weighted by Gasteiger charge is 2.47. The molecule has 0 saturated heterocycles. The van der Waals surface area contributed by atoms with Gasteiger partial charge in [0.15, 0.2) is 14.0 Å². The SMILES string of the molecule is CC(C)OCC(=O)c1cnc2c(cnn2[Si](C(C)C)(C(C)C)C(C)C)c1. The highest BCUT2D eigenvalue weighted by molar-refractivity contribution is 6.82. The third kappa shape index (κ3) is 3.62. The van der Waals surface area contributed by atoms with Crippen LogP contribution in [0.2, 0.25) is 16.6 Å². The number of ether oxygens (including phenoxy) is 1. The van der Waals surface area contributed by atoms with Crippen molar-refractivity contribution < 1.29 is 9.53 Å². The van der Waals surface area contributed by atoms with E-state index in [0.29, 0.717) is 22.2 Å². The van der Waals surface area contributed by atoms with Gasteiger partial charge in [-0.05, 0) is 36.5 Å². The number of fused-ring (bicyclic) bond motifs is 1. The summed E-state index contributed by atoms with van der Waals surface area (Å²) in [7, 11) is -1.96. The maximum Gasteiger partial charge on any atom is 0.195 e. The van der Waals surface area contributed by atoms with Crippen LogP contribution < -0.4 is 0 Å². The normalized spacial score (nSPS) is 12.9. The van der Waals surface area contributed by atoms with Crippen molar-refractivity contribution in [3.05, 3.63) is 24.0 Å². The van der Waals surface area contributed by atoms with Gasteiger partial charge in [0.25, 0.3) is 0 Å². The Morgan fingerprint density at radius 3 is 2.12 bits per heavy atom. The van der Waals surface area contributed by atoms with Crippen molar-refractivity contribution in [1.82, 2.24) is 14.4 Å². The van der Waals surface area contributed by atoms with E-state index in [4.69, 9.17) is 9.84 Å². The van der Waals surface area contributed by atoms with Gasteiger partial charge in [0.05, 0.1) is 12.3 Å². The van der Waals surface area contributed by atoms with Crippen molar-refractivity contribution >= 4 is 25.1 Å². The number of rotatable bonds is 8. The molecule has 0 atom stereocenters.